The second kappa shape index (κ2) is 5.48. The maximum atomic E-state index is 12.0. The van der Waals surface area contributed by atoms with E-state index in [1.54, 1.807) is 6.20 Å². The Bertz CT molecular complexity index is 625. The molecule has 102 valence electrons. The number of rotatable bonds is 4. The van der Waals surface area contributed by atoms with Crippen LogP contribution >= 0.6 is 11.6 Å². The molecule has 0 spiro atoms. The third-order valence-electron chi connectivity index (χ3n) is 2.92. The predicted molar refractivity (Wildman–Crippen MR) is 76.7 cm³/mol. The van der Waals surface area contributed by atoms with E-state index in [0.717, 1.165) is 17.8 Å². The molecule has 0 unspecified atom stereocenters. The molecule has 2 aromatic rings. The van der Waals surface area contributed by atoms with E-state index in [9.17, 15) is 4.79 Å². The van der Waals surface area contributed by atoms with Gasteiger partial charge in [-0.25, -0.2) is 4.68 Å². The molecule has 0 saturated carbocycles. The van der Waals surface area contributed by atoms with Crippen LogP contribution in [-0.2, 0) is 6.54 Å². The predicted octanol–water partition coefficient (Wildman–Crippen LogP) is 2.60. The summed E-state index contributed by atoms with van der Waals surface area (Å²) in [6, 6.07) is 3.98. The van der Waals surface area contributed by atoms with E-state index in [1.165, 1.54) is 4.68 Å². The Morgan fingerprint density at radius 1 is 1.32 bits per heavy atom. The van der Waals surface area contributed by atoms with Crippen molar-refractivity contribution in [3.05, 3.63) is 45.1 Å². The van der Waals surface area contributed by atoms with Crippen molar-refractivity contribution < 1.29 is 0 Å². The highest BCUT2D eigenvalue weighted by atomic mass is 35.5. The number of nitrogens with one attached hydrogen (secondary N) is 1. The summed E-state index contributed by atoms with van der Waals surface area (Å²) < 4.78 is 3.25. The lowest BCUT2D eigenvalue weighted by atomic mass is 10.4. The van der Waals surface area contributed by atoms with Gasteiger partial charge in [-0.1, -0.05) is 18.5 Å². The van der Waals surface area contributed by atoms with Gasteiger partial charge in [-0.2, -0.15) is 5.10 Å². The van der Waals surface area contributed by atoms with Gasteiger partial charge in [0.15, 0.2) is 0 Å². The SMILES string of the molecule is CCCn1ncc(Nn2c(C)ccc2C)c(Cl)c1=O. The van der Waals surface area contributed by atoms with Crippen molar-refractivity contribution in [2.75, 3.05) is 5.43 Å². The minimum Gasteiger partial charge on any atom is -0.291 e. The Morgan fingerprint density at radius 2 is 1.95 bits per heavy atom. The number of nitrogens with zero attached hydrogens (tertiary/aromatic N) is 3. The minimum absolute atomic E-state index is 0.163. The zero-order valence-electron chi connectivity index (χ0n) is 11.3. The quantitative estimate of drug-likeness (QED) is 0.937. The molecular formula is C13H17ClN4O. The summed E-state index contributed by atoms with van der Waals surface area (Å²) in [4.78, 5) is 12.0. The average Bonchev–Trinajstić information content (AvgIpc) is 2.70. The van der Waals surface area contributed by atoms with Crippen molar-refractivity contribution in [3.63, 3.8) is 0 Å². The molecule has 0 radical (unpaired) electrons. The van der Waals surface area contributed by atoms with Crippen LogP contribution in [0.25, 0.3) is 0 Å². The summed E-state index contributed by atoms with van der Waals surface area (Å²) >= 11 is 6.11. The fourth-order valence-corrected chi connectivity index (χ4v) is 2.07. The molecule has 0 atom stereocenters. The van der Waals surface area contributed by atoms with Crippen molar-refractivity contribution in [3.8, 4) is 0 Å². The topological polar surface area (TPSA) is 51.9 Å². The van der Waals surface area contributed by atoms with Crippen LogP contribution in [0.3, 0.4) is 0 Å². The summed E-state index contributed by atoms with van der Waals surface area (Å²) in [5.41, 5.74) is 5.42. The van der Waals surface area contributed by atoms with Crippen LogP contribution in [-0.4, -0.2) is 14.5 Å². The number of aryl methyl sites for hydroxylation is 3. The Balaban J connectivity index is 2.37. The smallest absolute Gasteiger partial charge is 0.287 e. The summed E-state index contributed by atoms with van der Waals surface area (Å²) in [5.74, 6) is 0. The normalized spacial score (nSPS) is 10.7. The molecule has 0 aliphatic heterocycles. The van der Waals surface area contributed by atoms with E-state index in [1.807, 2.05) is 37.6 Å². The van der Waals surface area contributed by atoms with Gasteiger partial charge in [-0.15, -0.1) is 0 Å². The van der Waals surface area contributed by atoms with Gasteiger partial charge in [0.05, 0.1) is 11.9 Å². The maximum absolute atomic E-state index is 12.0. The van der Waals surface area contributed by atoms with Crippen molar-refractivity contribution in [2.24, 2.45) is 0 Å². The Hall–Kier alpha value is -1.75. The highest BCUT2D eigenvalue weighted by Gasteiger charge is 2.10. The lowest BCUT2D eigenvalue weighted by Crippen LogP contribution is -2.25. The summed E-state index contributed by atoms with van der Waals surface area (Å²) in [6.07, 6.45) is 2.42. The van der Waals surface area contributed by atoms with Gasteiger partial charge in [0.25, 0.3) is 5.56 Å². The van der Waals surface area contributed by atoms with Crippen LogP contribution in [0.15, 0.2) is 23.1 Å². The molecule has 5 nitrogen and oxygen atoms in total. The third-order valence-corrected chi connectivity index (χ3v) is 3.29. The Morgan fingerprint density at radius 3 is 2.53 bits per heavy atom. The van der Waals surface area contributed by atoms with Crippen molar-refractivity contribution in [1.82, 2.24) is 14.5 Å². The molecule has 0 aliphatic rings. The number of anilines is 1. The van der Waals surface area contributed by atoms with Crippen LogP contribution < -0.4 is 11.0 Å². The molecule has 2 rings (SSSR count). The van der Waals surface area contributed by atoms with Crippen molar-refractivity contribution in [1.29, 1.82) is 0 Å². The third kappa shape index (κ3) is 2.66. The van der Waals surface area contributed by atoms with Crippen LogP contribution in [0.5, 0.6) is 0 Å². The number of halogens is 1. The molecule has 19 heavy (non-hydrogen) atoms. The van der Waals surface area contributed by atoms with E-state index in [2.05, 4.69) is 10.5 Å². The van der Waals surface area contributed by atoms with Gasteiger partial charge in [-0.3, -0.25) is 14.9 Å². The zero-order valence-corrected chi connectivity index (χ0v) is 12.0. The van der Waals surface area contributed by atoms with Crippen LogP contribution in [0.4, 0.5) is 5.69 Å². The standard InChI is InChI=1S/C13H17ClN4O/c1-4-7-17-13(19)12(14)11(8-15-17)16-18-9(2)5-6-10(18)3/h5-6,8,16H,4,7H2,1-3H3. The van der Waals surface area contributed by atoms with E-state index in [0.29, 0.717) is 12.2 Å². The Kier molecular flexibility index (Phi) is 3.95. The van der Waals surface area contributed by atoms with Crippen LogP contribution in [0.2, 0.25) is 5.02 Å². The van der Waals surface area contributed by atoms with Crippen LogP contribution in [0, 0.1) is 13.8 Å². The first-order valence-corrected chi connectivity index (χ1v) is 6.60. The van der Waals surface area contributed by atoms with Crippen molar-refractivity contribution >= 4 is 17.3 Å². The molecule has 2 heterocycles. The molecule has 0 fully saturated rings. The zero-order chi connectivity index (χ0) is 14.0. The first-order valence-electron chi connectivity index (χ1n) is 6.22. The molecule has 6 heteroatoms. The van der Waals surface area contributed by atoms with Crippen molar-refractivity contribution in [2.45, 2.75) is 33.7 Å². The second-order valence-electron chi connectivity index (χ2n) is 4.46. The first-order chi connectivity index (χ1) is 9.04. The van der Waals surface area contributed by atoms with Gasteiger partial charge in [-0.05, 0) is 32.4 Å². The molecule has 0 bridgehead atoms. The molecular weight excluding hydrogens is 264 g/mol. The number of aromatic nitrogens is 3. The maximum Gasteiger partial charge on any atom is 0.287 e. The summed E-state index contributed by atoms with van der Waals surface area (Å²) in [7, 11) is 0. The minimum atomic E-state index is -0.268. The largest absolute Gasteiger partial charge is 0.291 e. The lowest BCUT2D eigenvalue weighted by Gasteiger charge is -2.14. The molecule has 0 amide bonds. The highest BCUT2D eigenvalue weighted by molar-refractivity contribution is 6.32. The Labute approximate surface area is 116 Å². The fourth-order valence-electron chi connectivity index (χ4n) is 1.88. The number of hydrogen-bond acceptors (Lipinski definition) is 3. The van der Waals surface area contributed by atoms with Gasteiger partial charge in [0.1, 0.15) is 5.02 Å². The monoisotopic (exact) mass is 280 g/mol. The van der Waals surface area contributed by atoms with Gasteiger partial charge in [0, 0.05) is 17.9 Å². The van der Waals surface area contributed by atoms with Crippen LogP contribution in [0.1, 0.15) is 24.7 Å². The summed E-state index contributed by atoms with van der Waals surface area (Å²) in [6.45, 7) is 6.50. The molecule has 1 N–H and O–H groups in total. The van der Waals surface area contributed by atoms with E-state index in [-0.39, 0.29) is 10.6 Å². The molecule has 0 aliphatic carbocycles. The van der Waals surface area contributed by atoms with E-state index in [4.69, 9.17) is 11.6 Å². The highest BCUT2D eigenvalue weighted by Crippen LogP contribution is 2.17. The molecule has 2 aromatic heterocycles. The first kappa shape index (κ1) is 13.7. The molecule has 0 saturated heterocycles. The average molecular weight is 281 g/mol. The second-order valence-corrected chi connectivity index (χ2v) is 4.84. The molecule has 0 aromatic carbocycles. The number of hydrogen-bond donors (Lipinski definition) is 1. The van der Waals surface area contributed by atoms with Gasteiger partial charge >= 0.3 is 0 Å². The lowest BCUT2D eigenvalue weighted by molar-refractivity contribution is 0.568. The van der Waals surface area contributed by atoms with Gasteiger partial charge < -0.3 is 0 Å². The summed E-state index contributed by atoms with van der Waals surface area (Å²) in [5, 5.41) is 4.28. The van der Waals surface area contributed by atoms with E-state index >= 15 is 0 Å². The fraction of sp³-hybridized carbons (Fsp3) is 0.385. The van der Waals surface area contributed by atoms with Gasteiger partial charge in [0.2, 0.25) is 0 Å². The van der Waals surface area contributed by atoms with E-state index < -0.39 is 0 Å².